The van der Waals surface area contributed by atoms with E-state index in [0.717, 1.165) is 25.3 Å². The van der Waals surface area contributed by atoms with Crippen LogP contribution < -0.4 is 5.73 Å². The van der Waals surface area contributed by atoms with E-state index in [4.69, 9.17) is 5.73 Å². The first-order valence-electron chi connectivity index (χ1n) is 5.79. The van der Waals surface area contributed by atoms with Gasteiger partial charge < -0.3 is 5.73 Å². The molecule has 1 aliphatic carbocycles. The number of hydrogen-bond donors (Lipinski definition) is 1. The van der Waals surface area contributed by atoms with E-state index in [1.54, 1.807) is 6.07 Å². The van der Waals surface area contributed by atoms with Crippen LogP contribution in [0.25, 0.3) is 0 Å². The number of halogens is 2. The van der Waals surface area contributed by atoms with E-state index in [-0.39, 0.29) is 12.0 Å². The molecule has 1 aliphatic rings. The standard InChI is InChI=1S/C13H17F2N/c1-8-5-6-9(7-8)13(16)10-3-2-4-11(14)12(10)15/h2-4,8-9,13H,5-7,16H2,1H3. The van der Waals surface area contributed by atoms with E-state index in [1.807, 2.05) is 0 Å². The monoisotopic (exact) mass is 225 g/mol. The second-order valence-corrected chi connectivity index (χ2v) is 4.85. The van der Waals surface area contributed by atoms with Gasteiger partial charge in [-0.2, -0.15) is 0 Å². The molecule has 1 fully saturated rings. The van der Waals surface area contributed by atoms with Crippen LogP contribution in [0.3, 0.4) is 0 Å². The summed E-state index contributed by atoms with van der Waals surface area (Å²) >= 11 is 0. The van der Waals surface area contributed by atoms with Crippen molar-refractivity contribution in [2.45, 2.75) is 32.2 Å². The molecule has 3 atom stereocenters. The van der Waals surface area contributed by atoms with Gasteiger partial charge in [0.05, 0.1) is 0 Å². The SMILES string of the molecule is CC1CCC(C(N)c2cccc(F)c2F)C1. The first kappa shape index (κ1) is 11.5. The third-order valence-corrected chi connectivity index (χ3v) is 3.58. The zero-order valence-electron chi connectivity index (χ0n) is 9.42. The highest BCUT2D eigenvalue weighted by Gasteiger charge is 2.29. The van der Waals surface area contributed by atoms with Crippen LogP contribution in [-0.2, 0) is 0 Å². The molecule has 16 heavy (non-hydrogen) atoms. The summed E-state index contributed by atoms with van der Waals surface area (Å²) < 4.78 is 26.6. The fourth-order valence-corrected chi connectivity index (χ4v) is 2.61. The molecule has 2 rings (SSSR count). The molecular weight excluding hydrogens is 208 g/mol. The summed E-state index contributed by atoms with van der Waals surface area (Å²) in [4.78, 5) is 0. The molecular formula is C13H17F2N. The maximum absolute atomic E-state index is 13.5. The highest BCUT2D eigenvalue weighted by molar-refractivity contribution is 5.23. The van der Waals surface area contributed by atoms with Crippen LogP contribution in [-0.4, -0.2) is 0 Å². The van der Waals surface area contributed by atoms with E-state index >= 15 is 0 Å². The van der Waals surface area contributed by atoms with Gasteiger partial charge in [0.25, 0.3) is 0 Å². The van der Waals surface area contributed by atoms with Crippen molar-refractivity contribution >= 4 is 0 Å². The average Bonchev–Trinajstić information content (AvgIpc) is 2.68. The van der Waals surface area contributed by atoms with E-state index in [2.05, 4.69) is 6.92 Å². The van der Waals surface area contributed by atoms with Gasteiger partial charge >= 0.3 is 0 Å². The lowest BCUT2D eigenvalue weighted by Gasteiger charge is -2.20. The summed E-state index contributed by atoms with van der Waals surface area (Å²) in [6.07, 6.45) is 3.16. The van der Waals surface area contributed by atoms with E-state index in [9.17, 15) is 8.78 Å². The van der Waals surface area contributed by atoms with Crippen molar-refractivity contribution in [3.8, 4) is 0 Å². The summed E-state index contributed by atoms with van der Waals surface area (Å²) in [5, 5.41) is 0. The van der Waals surface area contributed by atoms with Crippen molar-refractivity contribution in [2.24, 2.45) is 17.6 Å². The molecule has 0 aromatic heterocycles. The molecule has 88 valence electrons. The zero-order valence-corrected chi connectivity index (χ0v) is 9.42. The van der Waals surface area contributed by atoms with Gasteiger partial charge in [-0.1, -0.05) is 25.5 Å². The minimum atomic E-state index is -0.806. The predicted octanol–water partition coefficient (Wildman–Crippen LogP) is 3.40. The van der Waals surface area contributed by atoms with E-state index < -0.39 is 11.6 Å². The molecule has 0 radical (unpaired) electrons. The molecule has 1 aromatic carbocycles. The minimum absolute atomic E-state index is 0.284. The van der Waals surface area contributed by atoms with Crippen LogP contribution in [0.15, 0.2) is 18.2 Å². The van der Waals surface area contributed by atoms with Crippen LogP contribution in [0.4, 0.5) is 8.78 Å². The van der Waals surface area contributed by atoms with Crippen LogP contribution in [0.1, 0.15) is 37.8 Å². The lowest BCUT2D eigenvalue weighted by atomic mass is 9.91. The Kier molecular flexibility index (Phi) is 3.24. The molecule has 1 aromatic rings. The Morgan fingerprint density at radius 2 is 2.06 bits per heavy atom. The van der Waals surface area contributed by atoms with Crippen molar-refractivity contribution < 1.29 is 8.78 Å². The van der Waals surface area contributed by atoms with E-state index in [1.165, 1.54) is 6.07 Å². The van der Waals surface area contributed by atoms with Gasteiger partial charge in [0.15, 0.2) is 11.6 Å². The molecule has 2 N–H and O–H groups in total. The minimum Gasteiger partial charge on any atom is -0.324 e. The predicted molar refractivity (Wildman–Crippen MR) is 59.8 cm³/mol. The summed E-state index contributed by atoms with van der Waals surface area (Å²) in [5.74, 6) is -0.660. The molecule has 0 saturated heterocycles. The van der Waals surface area contributed by atoms with Crippen LogP contribution in [0.5, 0.6) is 0 Å². The second-order valence-electron chi connectivity index (χ2n) is 4.85. The molecule has 1 nitrogen and oxygen atoms in total. The van der Waals surface area contributed by atoms with Crippen molar-refractivity contribution in [3.05, 3.63) is 35.4 Å². The molecule has 0 heterocycles. The van der Waals surface area contributed by atoms with Gasteiger partial charge in [0, 0.05) is 11.6 Å². The van der Waals surface area contributed by atoms with Crippen molar-refractivity contribution in [3.63, 3.8) is 0 Å². The fourth-order valence-electron chi connectivity index (χ4n) is 2.61. The highest BCUT2D eigenvalue weighted by atomic mass is 19.2. The number of rotatable bonds is 2. The molecule has 0 aliphatic heterocycles. The lowest BCUT2D eigenvalue weighted by molar-refractivity contribution is 0.405. The number of benzene rings is 1. The van der Waals surface area contributed by atoms with Crippen molar-refractivity contribution in [1.29, 1.82) is 0 Å². The third kappa shape index (κ3) is 2.09. The summed E-state index contributed by atoms with van der Waals surface area (Å²) in [5.41, 5.74) is 6.34. The first-order chi connectivity index (χ1) is 7.59. The topological polar surface area (TPSA) is 26.0 Å². The van der Waals surface area contributed by atoms with Gasteiger partial charge in [0.2, 0.25) is 0 Å². The summed E-state index contributed by atoms with van der Waals surface area (Å²) in [6.45, 7) is 2.18. The average molecular weight is 225 g/mol. The Labute approximate surface area is 94.7 Å². The van der Waals surface area contributed by atoms with Crippen molar-refractivity contribution in [2.75, 3.05) is 0 Å². The normalized spacial score (nSPS) is 27.0. The molecule has 3 heteroatoms. The largest absolute Gasteiger partial charge is 0.324 e. The quantitative estimate of drug-likeness (QED) is 0.820. The Balaban J connectivity index is 2.20. The summed E-state index contributed by atoms with van der Waals surface area (Å²) in [6, 6.07) is 3.86. The smallest absolute Gasteiger partial charge is 0.163 e. The van der Waals surface area contributed by atoms with Gasteiger partial charge in [-0.15, -0.1) is 0 Å². The summed E-state index contributed by atoms with van der Waals surface area (Å²) in [7, 11) is 0. The highest BCUT2D eigenvalue weighted by Crippen LogP contribution is 2.38. The Morgan fingerprint density at radius 3 is 2.69 bits per heavy atom. The number of hydrogen-bond acceptors (Lipinski definition) is 1. The molecule has 0 spiro atoms. The van der Waals surface area contributed by atoms with Gasteiger partial charge in [-0.05, 0) is 30.7 Å². The first-order valence-corrected chi connectivity index (χ1v) is 5.79. The Bertz CT molecular complexity index is 378. The van der Waals surface area contributed by atoms with Crippen LogP contribution >= 0.6 is 0 Å². The zero-order chi connectivity index (χ0) is 11.7. The maximum Gasteiger partial charge on any atom is 0.163 e. The molecule has 0 bridgehead atoms. The van der Waals surface area contributed by atoms with Gasteiger partial charge in [-0.25, -0.2) is 8.78 Å². The molecule has 1 saturated carbocycles. The molecule has 3 unspecified atom stereocenters. The molecule has 0 amide bonds. The lowest BCUT2D eigenvalue weighted by Crippen LogP contribution is -2.21. The number of nitrogens with two attached hydrogens (primary N) is 1. The van der Waals surface area contributed by atoms with Gasteiger partial charge in [0.1, 0.15) is 0 Å². The van der Waals surface area contributed by atoms with E-state index in [0.29, 0.717) is 11.5 Å². The Morgan fingerprint density at radius 1 is 1.31 bits per heavy atom. The van der Waals surface area contributed by atoms with Crippen LogP contribution in [0.2, 0.25) is 0 Å². The van der Waals surface area contributed by atoms with Gasteiger partial charge in [-0.3, -0.25) is 0 Å². The van der Waals surface area contributed by atoms with Crippen LogP contribution in [0, 0.1) is 23.5 Å². The Hall–Kier alpha value is -0.960. The maximum atomic E-state index is 13.5. The van der Waals surface area contributed by atoms with Crippen molar-refractivity contribution in [1.82, 2.24) is 0 Å². The third-order valence-electron chi connectivity index (χ3n) is 3.58. The fraction of sp³-hybridized carbons (Fsp3) is 0.538. The second kappa shape index (κ2) is 4.50.